The molecule has 0 aromatic heterocycles. The summed E-state index contributed by atoms with van der Waals surface area (Å²) in [5.74, 6) is 3.21. The van der Waals surface area contributed by atoms with E-state index in [4.69, 9.17) is 0 Å². The second kappa shape index (κ2) is 2.70. The predicted molar refractivity (Wildman–Crippen MR) is 51.2 cm³/mol. The van der Waals surface area contributed by atoms with Crippen molar-refractivity contribution < 1.29 is 4.79 Å². The maximum absolute atomic E-state index is 11.7. The van der Waals surface area contributed by atoms with E-state index in [1.807, 2.05) is 6.08 Å². The van der Waals surface area contributed by atoms with Gasteiger partial charge >= 0.3 is 0 Å². The van der Waals surface area contributed by atoms with Crippen molar-refractivity contribution in [1.82, 2.24) is 0 Å². The number of rotatable bonds is 0. The van der Waals surface area contributed by atoms with E-state index in [9.17, 15) is 4.79 Å². The monoisotopic (exact) mass is 176 g/mol. The van der Waals surface area contributed by atoms with Gasteiger partial charge < -0.3 is 0 Å². The van der Waals surface area contributed by atoms with Crippen molar-refractivity contribution in [2.45, 2.75) is 32.1 Å². The molecule has 0 heterocycles. The fraction of sp³-hybridized carbons (Fsp3) is 0.750. The van der Waals surface area contributed by atoms with Crippen molar-refractivity contribution in [2.24, 2.45) is 23.7 Å². The van der Waals surface area contributed by atoms with Gasteiger partial charge in [-0.3, -0.25) is 4.79 Å². The minimum absolute atomic E-state index is 0.428. The third-order valence-electron chi connectivity index (χ3n) is 4.41. The maximum atomic E-state index is 11.7. The summed E-state index contributed by atoms with van der Waals surface area (Å²) in [6.45, 7) is 0. The molecule has 3 saturated carbocycles. The standard InChI is InChI=1S/C12H16O/c13-11-3-1-2-10-8-4-6-9(7-5-8)12(10)11/h1,3,8-10,12H,2,4-7H2. The second-order valence-electron chi connectivity index (χ2n) is 4.90. The van der Waals surface area contributed by atoms with E-state index in [-0.39, 0.29) is 0 Å². The molecule has 2 unspecified atom stereocenters. The normalized spacial score (nSPS) is 47.8. The predicted octanol–water partition coefficient (Wildman–Crippen LogP) is 2.57. The van der Waals surface area contributed by atoms with Gasteiger partial charge in [0.25, 0.3) is 0 Å². The van der Waals surface area contributed by atoms with Crippen LogP contribution in [0.5, 0.6) is 0 Å². The van der Waals surface area contributed by atoms with Crippen LogP contribution in [0.3, 0.4) is 0 Å². The van der Waals surface area contributed by atoms with Crippen LogP contribution < -0.4 is 0 Å². The highest BCUT2D eigenvalue weighted by Gasteiger charge is 2.46. The molecule has 0 radical (unpaired) electrons. The number of carbonyl (C=O) groups is 1. The van der Waals surface area contributed by atoms with Crippen LogP contribution in [0.25, 0.3) is 0 Å². The number of carbonyl (C=O) groups excluding carboxylic acids is 1. The number of hydrogen-bond donors (Lipinski definition) is 0. The number of fused-ring (bicyclic) bond motifs is 2. The Hall–Kier alpha value is -0.590. The first-order valence-electron chi connectivity index (χ1n) is 5.56. The second-order valence-corrected chi connectivity index (χ2v) is 4.90. The van der Waals surface area contributed by atoms with Crippen LogP contribution in [-0.2, 0) is 4.79 Å². The third kappa shape index (κ3) is 1.02. The Morgan fingerprint density at radius 1 is 1.08 bits per heavy atom. The lowest BCUT2D eigenvalue weighted by Crippen LogP contribution is -2.44. The number of hydrogen-bond acceptors (Lipinski definition) is 1. The van der Waals surface area contributed by atoms with Gasteiger partial charge in [0.2, 0.25) is 0 Å². The molecule has 0 amide bonds. The van der Waals surface area contributed by atoms with E-state index >= 15 is 0 Å². The third-order valence-corrected chi connectivity index (χ3v) is 4.41. The zero-order valence-electron chi connectivity index (χ0n) is 7.91. The molecule has 0 saturated heterocycles. The molecule has 0 N–H and O–H groups in total. The van der Waals surface area contributed by atoms with Crippen molar-refractivity contribution in [1.29, 1.82) is 0 Å². The summed E-state index contributed by atoms with van der Waals surface area (Å²) >= 11 is 0. The summed E-state index contributed by atoms with van der Waals surface area (Å²) < 4.78 is 0. The molecule has 0 aromatic rings. The highest BCUT2D eigenvalue weighted by atomic mass is 16.1. The minimum atomic E-state index is 0.428. The first-order valence-corrected chi connectivity index (χ1v) is 5.56. The van der Waals surface area contributed by atoms with Crippen LogP contribution >= 0.6 is 0 Å². The summed E-state index contributed by atoms with van der Waals surface area (Å²) in [7, 11) is 0. The quantitative estimate of drug-likeness (QED) is 0.554. The van der Waals surface area contributed by atoms with Crippen LogP contribution in [0.15, 0.2) is 12.2 Å². The zero-order chi connectivity index (χ0) is 8.84. The molecule has 0 aliphatic heterocycles. The van der Waals surface area contributed by atoms with Gasteiger partial charge in [-0.15, -0.1) is 0 Å². The van der Waals surface area contributed by atoms with Crippen LogP contribution in [0.4, 0.5) is 0 Å². The van der Waals surface area contributed by atoms with Crippen molar-refractivity contribution in [3.05, 3.63) is 12.2 Å². The van der Waals surface area contributed by atoms with Crippen molar-refractivity contribution in [2.75, 3.05) is 0 Å². The summed E-state index contributed by atoms with van der Waals surface area (Å²) in [4.78, 5) is 11.7. The molecule has 13 heavy (non-hydrogen) atoms. The summed E-state index contributed by atoms with van der Waals surface area (Å²) in [6.07, 6.45) is 10.6. The Kier molecular flexibility index (Phi) is 1.61. The fourth-order valence-corrected chi connectivity index (χ4v) is 3.81. The van der Waals surface area contributed by atoms with Crippen LogP contribution in [-0.4, -0.2) is 5.78 Å². The molecule has 70 valence electrons. The Balaban J connectivity index is 1.96. The summed E-state index contributed by atoms with van der Waals surface area (Å²) in [5, 5.41) is 0. The molecular weight excluding hydrogens is 160 g/mol. The number of allylic oxidation sites excluding steroid dienone is 2. The smallest absolute Gasteiger partial charge is 0.159 e. The van der Waals surface area contributed by atoms with Gasteiger partial charge in [-0.25, -0.2) is 0 Å². The highest BCUT2D eigenvalue weighted by molar-refractivity contribution is 5.93. The average Bonchev–Trinajstić information content (AvgIpc) is 2.20. The SMILES string of the molecule is O=C1C=CCC2C3CCC(CC3)C12. The molecule has 0 spiro atoms. The van der Waals surface area contributed by atoms with E-state index in [2.05, 4.69) is 6.08 Å². The summed E-state index contributed by atoms with van der Waals surface area (Å²) in [5.41, 5.74) is 0. The molecule has 2 atom stereocenters. The molecule has 2 bridgehead atoms. The lowest BCUT2D eigenvalue weighted by atomic mass is 9.55. The van der Waals surface area contributed by atoms with E-state index < -0.39 is 0 Å². The Morgan fingerprint density at radius 3 is 2.46 bits per heavy atom. The molecule has 1 heteroatoms. The van der Waals surface area contributed by atoms with Crippen molar-refractivity contribution in [3.63, 3.8) is 0 Å². The van der Waals surface area contributed by atoms with Crippen molar-refractivity contribution in [3.8, 4) is 0 Å². The van der Waals surface area contributed by atoms with Gasteiger partial charge in [0.05, 0.1) is 0 Å². The van der Waals surface area contributed by atoms with Gasteiger partial charge in [0.15, 0.2) is 5.78 Å². The lowest BCUT2D eigenvalue weighted by Gasteiger charge is -2.48. The molecule has 4 rings (SSSR count). The molecule has 3 fully saturated rings. The molecule has 0 aromatic carbocycles. The zero-order valence-corrected chi connectivity index (χ0v) is 7.91. The van der Waals surface area contributed by atoms with Crippen molar-refractivity contribution >= 4 is 5.78 Å². The van der Waals surface area contributed by atoms with E-state index in [0.717, 1.165) is 17.8 Å². The Labute approximate surface area is 79.2 Å². The molecule has 1 nitrogen and oxygen atoms in total. The first-order chi connectivity index (χ1) is 6.36. The molecular formula is C12H16O. The lowest BCUT2D eigenvalue weighted by molar-refractivity contribution is -0.128. The fourth-order valence-electron chi connectivity index (χ4n) is 3.81. The Bertz CT molecular complexity index is 258. The minimum Gasteiger partial charge on any atom is -0.295 e. The van der Waals surface area contributed by atoms with Gasteiger partial charge in [0, 0.05) is 5.92 Å². The van der Waals surface area contributed by atoms with Crippen LogP contribution in [0.2, 0.25) is 0 Å². The Morgan fingerprint density at radius 2 is 1.77 bits per heavy atom. The van der Waals surface area contributed by atoms with Gasteiger partial charge in [-0.1, -0.05) is 6.08 Å². The largest absolute Gasteiger partial charge is 0.295 e. The van der Waals surface area contributed by atoms with Gasteiger partial charge in [0.1, 0.15) is 0 Å². The highest BCUT2D eigenvalue weighted by Crippen LogP contribution is 2.51. The summed E-state index contributed by atoms with van der Waals surface area (Å²) in [6, 6.07) is 0. The van der Waals surface area contributed by atoms with E-state index in [1.165, 1.54) is 32.1 Å². The number of ketones is 1. The topological polar surface area (TPSA) is 17.1 Å². The van der Waals surface area contributed by atoms with Crippen LogP contribution in [0, 0.1) is 23.7 Å². The van der Waals surface area contributed by atoms with Crippen LogP contribution in [0.1, 0.15) is 32.1 Å². The van der Waals surface area contributed by atoms with E-state index in [1.54, 1.807) is 0 Å². The van der Waals surface area contributed by atoms with Gasteiger partial charge in [-0.05, 0) is 55.9 Å². The first kappa shape index (κ1) is 7.78. The molecule has 4 aliphatic rings. The molecule has 4 aliphatic carbocycles. The average molecular weight is 176 g/mol. The maximum Gasteiger partial charge on any atom is 0.159 e. The van der Waals surface area contributed by atoms with Gasteiger partial charge in [-0.2, -0.15) is 0 Å². The van der Waals surface area contributed by atoms with E-state index in [0.29, 0.717) is 11.7 Å².